The summed E-state index contributed by atoms with van der Waals surface area (Å²) in [4.78, 5) is 78.9. The summed E-state index contributed by atoms with van der Waals surface area (Å²) in [7, 11) is 3.07. The summed E-state index contributed by atoms with van der Waals surface area (Å²) in [6.07, 6.45) is 1.02. The first kappa shape index (κ1) is 53.5. The quantitative estimate of drug-likeness (QED) is 0.0314. The van der Waals surface area contributed by atoms with Crippen molar-refractivity contribution in [2.45, 2.75) is 51.1 Å². The number of amides is 4. The Hall–Kier alpha value is -6.43. The van der Waals surface area contributed by atoms with Crippen LogP contribution in [-0.2, 0) is 32.0 Å². The Bertz CT molecular complexity index is 2820. The molecule has 0 saturated carbocycles. The molecule has 0 aliphatic heterocycles. The average Bonchev–Trinajstić information content (AvgIpc) is 3.30. The molecule has 0 saturated heterocycles. The average molecular weight is 1040 g/mol. The number of rotatable bonds is 21. The van der Waals surface area contributed by atoms with Crippen molar-refractivity contribution in [2.75, 3.05) is 47.2 Å². The van der Waals surface area contributed by atoms with E-state index in [1.807, 2.05) is 0 Å². The molecule has 69 heavy (non-hydrogen) atoms. The second kappa shape index (κ2) is 25.3. The minimum absolute atomic E-state index is 0.0538. The third-order valence-electron chi connectivity index (χ3n) is 10.0. The maximum absolute atomic E-state index is 13.5. The Kier molecular flexibility index (Phi) is 19.6. The molecule has 0 spiro atoms. The maximum Gasteiger partial charge on any atom is 0.258 e. The molecular formula is C48H45Cl5N8O8. The fraction of sp³-hybridized carbons (Fsp3) is 0.250. The number of anilines is 4. The summed E-state index contributed by atoms with van der Waals surface area (Å²) in [5.41, 5.74) is 3.61. The zero-order valence-corrected chi connectivity index (χ0v) is 41.4. The van der Waals surface area contributed by atoms with Crippen LogP contribution in [0.25, 0.3) is 0 Å². The molecule has 0 aliphatic carbocycles. The molecule has 0 bridgehead atoms. The lowest BCUT2D eigenvalue weighted by molar-refractivity contribution is -0.127. The lowest BCUT2D eigenvalue weighted by atomic mass is 10.1. The van der Waals surface area contributed by atoms with Gasteiger partial charge in [0.15, 0.2) is 11.6 Å². The Labute approximate surface area is 422 Å². The smallest absolute Gasteiger partial charge is 0.258 e. The Morgan fingerprint density at radius 3 is 1.39 bits per heavy atom. The lowest BCUT2D eigenvalue weighted by Gasteiger charge is -2.17. The van der Waals surface area contributed by atoms with E-state index in [0.717, 1.165) is 25.0 Å². The molecule has 0 heterocycles. The number of carbonyl (C=O) groups is 6. The van der Waals surface area contributed by atoms with E-state index in [0.29, 0.717) is 53.0 Å². The van der Waals surface area contributed by atoms with Gasteiger partial charge in [0.25, 0.3) is 23.6 Å². The minimum atomic E-state index is -1.62. The number of hydrogen-bond acceptors (Lipinski definition) is 12. The molecule has 5 rings (SSSR count). The van der Waals surface area contributed by atoms with Crippen molar-refractivity contribution in [3.8, 4) is 11.5 Å². The molecule has 360 valence electrons. The third kappa shape index (κ3) is 14.5. The van der Waals surface area contributed by atoms with E-state index in [2.05, 4.69) is 41.7 Å². The number of carbonyl (C=O) groups excluding carboxylic acids is 6. The Morgan fingerprint density at radius 2 is 0.986 bits per heavy atom. The molecule has 5 aromatic carbocycles. The SMILES string of the molecule is COc1ccc(NC(=O)c2cc(N=NC(C(C)=O)C(=O)Nc3ccc(NC(=O)C(N=Nc4ccc(Cl)c(C(=O)Nc5ccc(OC)c(CCCl)c5)c4)C(C)=O)c(C(C)Cl)c3)ccc2Cl)cc1CCCl. The fourth-order valence-corrected chi connectivity index (χ4v) is 7.58. The van der Waals surface area contributed by atoms with Gasteiger partial charge in [0.2, 0.25) is 12.1 Å². The number of hydrogen-bond donors (Lipinski definition) is 4. The molecular weight excluding hydrogens is 994 g/mol. The number of azo groups is 2. The third-order valence-corrected chi connectivity index (χ3v) is 11.3. The second-order valence-corrected chi connectivity index (χ2v) is 17.2. The number of aryl methyl sites for hydroxylation is 2. The molecule has 3 unspecified atom stereocenters. The molecule has 0 aromatic heterocycles. The topological polar surface area (TPSA) is 218 Å². The molecule has 0 radical (unpaired) electrons. The van der Waals surface area contributed by atoms with E-state index in [1.165, 1.54) is 68.8 Å². The zero-order chi connectivity index (χ0) is 50.4. The van der Waals surface area contributed by atoms with Gasteiger partial charge in [-0.1, -0.05) is 23.2 Å². The first-order valence-corrected chi connectivity index (χ1v) is 23.1. The lowest BCUT2D eigenvalue weighted by Crippen LogP contribution is -2.32. The monoisotopic (exact) mass is 1040 g/mol. The van der Waals surface area contributed by atoms with Crippen LogP contribution in [-0.4, -0.2) is 73.3 Å². The van der Waals surface area contributed by atoms with E-state index in [9.17, 15) is 28.8 Å². The van der Waals surface area contributed by atoms with E-state index < -0.39 is 52.7 Å². The largest absolute Gasteiger partial charge is 0.496 e. The molecule has 3 atom stereocenters. The van der Waals surface area contributed by atoms with Gasteiger partial charge in [-0.3, -0.25) is 28.8 Å². The van der Waals surface area contributed by atoms with Crippen molar-refractivity contribution in [1.82, 2.24) is 0 Å². The van der Waals surface area contributed by atoms with Gasteiger partial charge in [-0.15, -0.1) is 34.8 Å². The molecule has 4 N–H and O–H groups in total. The number of methoxy groups -OCH3 is 2. The first-order valence-electron chi connectivity index (χ1n) is 20.9. The van der Waals surface area contributed by atoms with E-state index in [4.69, 9.17) is 67.5 Å². The highest BCUT2D eigenvalue weighted by molar-refractivity contribution is 6.35. The van der Waals surface area contributed by atoms with Crippen molar-refractivity contribution >= 4 is 127 Å². The standard InChI is InChI=1S/C48H45Cl5N8O8/c1-25(51)35-22-32(56-47(66)43(26(2)62)60-58-33-6-11-38(52)36(23-33)45(64)54-30-9-14-41(68-4)28(20-30)16-18-49)8-13-40(35)57-48(67)44(27(3)63)61-59-34-7-12-39(53)37(24-34)46(65)55-31-10-15-42(69-5)29(21-31)17-19-50/h6-15,20-25,43-44H,16-19H2,1-5H3,(H,54,64)(H,55,65)(H,56,66)(H,57,67). The van der Waals surface area contributed by atoms with Gasteiger partial charge in [0.1, 0.15) is 11.5 Å². The van der Waals surface area contributed by atoms with Crippen LogP contribution in [0, 0.1) is 0 Å². The molecule has 16 nitrogen and oxygen atoms in total. The highest BCUT2D eigenvalue weighted by atomic mass is 35.5. The van der Waals surface area contributed by atoms with Crippen LogP contribution in [0.5, 0.6) is 11.5 Å². The van der Waals surface area contributed by atoms with Crippen LogP contribution in [0.3, 0.4) is 0 Å². The van der Waals surface area contributed by atoms with E-state index >= 15 is 0 Å². The van der Waals surface area contributed by atoms with Crippen LogP contribution in [0.2, 0.25) is 10.0 Å². The first-order chi connectivity index (χ1) is 33.0. The van der Waals surface area contributed by atoms with Crippen LogP contribution < -0.4 is 30.7 Å². The van der Waals surface area contributed by atoms with Crippen molar-refractivity contribution in [3.63, 3.8) is 0 Å². The maximum atomic E-state index is 13.5. The van der Waals surface area contributed by atoms with Crippen molar-refractivity contribution < 1.29 is 38.2 Å². The zero-order valence-electron chi connectivity index (χ0n) is 37.7. The predicted molar refractivity (Wildman–Crippen MR) is 270 cm³/mol. The Morgan fingerprint density at radius 1 is 0.565 bits per heavy atom. The molecule has 4 amide bonds. The summed E-state index contributed by atoms with van der Waals surface area (Å²) >= 11 is 31.1. The van der Waals surface area contributed by atoms with Gasteiger partial charge in [-0.05, 0) is 141 Å². The van der Waals surface area contributed by atoms with Crippen molar-refractivity contribution in [2.24, 2.45) is 20.5 Å². The van der Waals surface area contributed by atoms with Crippen LogP contribution in [0.4, 0.5) is 34.1 Å². The van der Waals surface area contributed by atoms with Gasteiger partial charge >= 0.3 is 0 Å². The van der Waals surface area contributed by atoms with E-state index in [1.54, 1.807) is 43.3 Å². The van der Waals surface area contributed by atoms with Gasteiger partial charge in [-0.2, -0.15) is 20.5 Å². The molecule has 0 aliphatic rings. The van der Waals surface area contributed by atoms with E-state index in [-0.39, 0.29) is 43.9 Å². The highest BCUT2D eigenvalue weighted by Gasteiger charge is 2.27. The fourth-order valence-electron chi connectivity index (χ4n) is 6.58. The number of ketones is 2. The summed E-state index contributed by atoms with van der Waals surface area (Å²) in [5, 5.41) is 26.5. The summed E-state index contributed by atoms with van der Waals surface area (Å²) in [6, 6.07) is 19.8. The number of nitrogens with one attached hydrogen (secondary N) is 4. The molecule has 0 fully saturated rings. The van der Waals surface area contributed by atoms with Crippen LogP contribution >= 0.6 is 58.0 Å². The predicted octanol–water partition coefficient (Wildman–Crippen LogP) is 11.7. The highest BCUT2D eigenvalue weighted by Crippen LogP contribution is 2.32. The number of ether oxygens (including phenoxy) is 2. The summed E-state index contributed by atoms with van der Waals surface area (Å²) in [5.74, 6) is -2.15. The number of benzene rings is 5. The summed E-state index contributed by atoms with van der Waals surface area (Å²) in [6.45, 7) is 3.94. The van der Waals surface area contributed by atoms with Crippen LogP contribution in [0.15, 0.2) is 111 Å². The molecule has 21 heteroatoms. The summed E-state index contributed by atoms with van der Waals surface area (Å²) < 4.78 is 10.7. The number of alkyl halides is 3. The molecule has 5 aromatic rings. The van der Waals surface area contributed by atoms with Crippen LogP contribution in [0.1, 0.15) is 63.6 Å². The van der Waals surface area contributed by atoms with Gasteiger partial charge in [0, 0.05) is 34.5 Å². The normalized spacial score (nSPS) is 12.5. The number of halogens is 5. The van der Waals surface area contributed by atoms with Crippen molar-refractivity contribution in [3.05, 3.63) is 129 Å². The van der Waals surface area contributed by atoms with Gasteiger partial charge < -0.3 is 30.7 Å². The Balaban J connectivity index is 1.27. The number of Topliss-reactive ketones (excluding diaryl/α,β-unsaturated/α-hetero) is 2. The minimum Gasteiger partial charge on any atom is -0.496 e. The second-order valence-electron chi connectivity index (χ2n) is 15.0. The number of nitrogens with zero attached hydrogens (tertiary/aromatic N) is 4. The van der Waals surface area contributed by atoms with Crippen molar-refractivity contribution in [1.29, 1.82) is 0 Å². The van der Waals surface area contributed by atoms with Gasteiger partial charge in [0.05, 0.1) is 52.1 Å². The van der Waals surface area contributed by atoms with Gasteiger partial charge in [-0.25, -0.2) is 0 Å².